The fourth-order valence-electron chi connectivity index (χ4n) is 4.34. The molecule has 4 rings (SSSR count). The standard InChI is InChI=1S/C24H28N2O3/c1-17-13-25(14-18(2)26(17)15-19-7-5-4-6-8-19)16-22-12-21-11-20(24(27)28-3)9-10-23(21)29-22/h4-12,17-18H,13-16H2,1-3H3/t17-,18+. The van der Waals surface area contributed by atoms with Crippen LogP contribution in [0.15, 0.2) is 59.0 Å². The number of hydrogen-bond donors (Lipinski definition) is 0. The molecule has 3 aromatic rings. The Labute approximate surface area is 171 Å². The highest BCUT2D eigenvalue weighted by Crippen LogP contribution is 2.25. The number of esters is 1. The summed E-state index contributed by atoms with van der Waals surface area (Å²) in [6, 6.07) is 19.1. The van der Waals surface area contributed by atoms with Crippen molar-refractivity contribution < 1.29 is 13.9 Å². The van der Waals surface area contributed by atoms with Gasteiger partial charge in [-0.2, -0.15) is 0 Å². The summed E-state index contributed by atoms with van der Waals surface area (Å²) in [5, 5.41) is 0.937. The maximum absolute atomic E-state index is 11.7. The molecule has 5 nitrogen and oxygen atoms in total. The number of carbonyl (C=O) groups excluding carboxylic acids is 1. The van der Waals surface area contributed by atoms with Crippen LogP contribution in [0.3, 0.4) is 0 Å². The maximum atomic E-state index is 11.7. The highest BCUT2D eigenvalue weighted by atomic mass is 16.5. The second kappa shape index (κ2) is 8.39. The van der Waals surface area contributed by atoms with E-state index in [4.69, 9.17) is 9.15 Å². The van der Waals surface area contributed by atoms with E-state index < -0.39 is 0 Å². The van der Waals surface area contributed by atoms with E-state index in [1.165, 1.54) is 12.7 Å². The number of carbonyl (C=O) groups is 1. The largest absolute Gasteiger partial charge is 0.465 e. The average molecular weight is 392 g/mol. The fraction of sp³-hybridized carbons (Fsp3) is 0.375. The van der Waals surface area contributed by atoms with Gasteiger partial charge in [-0.1, -0.05) is 30.3 Å². The highest BCUT2D eigenvalue weighted by molar-refractivity contribution is 5.94. The predicted octanol–water partition coefficient (Wildman–Crippen LogP) is 4.31. The van der Waals surface area contributed by atoms with Crippen molar-refractivity contribution >= 4 is 16.9 Å². The third kappa shape index (κ3) is 4.36. The van der Waals surface area contributed by atoms with Crippen LogP contribution in [0.5, 0.6) is 0 Å². The average Bonchev–Trinajstić information content (AvgIpc) is 3.12. The fourth-order valence-corrected chi connectivity index (χ4v) is 4.34. The number of methoxy groups -OCH3 is 1. The van der Waals surface area contributed by atoms with Gasteiger partial charge in [0.15, 0.2) is 0 Å². The number of rotatable bonds is 5. The topological polar surface area (TPSA) is 45.9 Å². The lowest BCUT2D eigenvalue weighted by Gasteiger charge is -2.44. The summed E-state index contributed by atoms with van der Waals surface area (Å²) in [6.07, 6.45) is 0. The van der Waals surface area contributed by atoms with Crippen molar-refractivity contribution in [1.29, 1.82) is 0 Å². The molecule has 2 heterocycles. The number of hydrogen-bond acceptors (Lipinski definition) is 5. The number of benzene rings is 2. The smallest absolute Gasteiger partial charge is 0.337 e. The number of fused-ring (bicyclic) bond motifs is 1. The van der Waals surface area contributed by atoms with Gasteiger partial charge in [-0.3, -0.25) is 9.80 Å². The van der Waals surface area contributed by atoms with Crippen molar-refractivity contribution in [3.05, 3.63) is 71.5 Å². The van der Waals surface area contributed by atoms with Gasteiger partial charge in [-0.25, -0.2) is 4.79 Å². The normalized spacial score (nSPS) is 20.8. The van der Waals surface area contributed by atoms with E-state index in [0.29, 0.717) is 17.6 Å². The van der Waals surface area contributed by atoms with Crippen molar-refractivity contribution in [2.24, 2.45) is 0 Å². The molecule has 5 heteroatoms. The van der Waals surface area contributed by atoms with E-state index in [-0.39, 0.29) is 5.97 Å². The van der Waals surface area contributed by atoms with Gasteiger partial charge in [0.25, 0.3) is 0 Å². The van der Waals surface area contributed by atoms with Gasteiger partial charge in [0, 0.05) is 37.1 Å². The molecule has 2 aromatic carbocycles. The molecule has 1 aliphatic heterocycles. The Kier molecular flexibility index (Phi) is 5.69. The number of nitrogens with zero attached hydrogens (tertiary/aromatic N) is 2. The second-order valence-corrected chi connectivity index (χ2v) is 8.01. The van der Waals surface area contributed by atoms with Gasteiger partial charge in [0.2, 0.25) is 0 Å². The Morgan fingerprint density at radius 2 is 1.76 bits per heavy atom. The molecule has 0 unspecified atom stereocenters. The van der Waals surface area contributed by atoms with Gasteiger partial charge in [-0.15, -0.1) is 0 Å². The SMILES string of the molecule is COC(=O)c1ccc2oc(CN3C[C@@H](C)N(Cc4ccccc4)[C@@H](C)C3)cc2c1. The first-order valence-electron chi connectivity index (χ1n) is 10.2. The van der Waals surface area contributed by atoms with Gasteiger partial charge >= 0.3 is 5.97 Å². The lowest BCUT2D eigenvalue weighted by Crippen LogP contribution is -2.55. The predicted molar refractivity (Wildman–Crippen MR) is 114 cm³/mol. The van der Waals surface area contributed by atoms with Crippen LogP contribution in [0, 0.1) is 0 Å². The Balaban J connectivity index is 1.43. The van der Waals surface area contributed by atoms with Gasteiger partial charge in [-0.05, 0) is 43.7 Å². The summed E-state index contributed by atoms with van der Waals surface area (Å²) >= 11 is 0. The number of furan rings is 1. The molecule has 1 aliphatic rings. The van der Waals surface area contributed by atoms with Crippen LogP contribution in [0.25, 0.3) is 11.0 Å². The summed E-state index contributed by atoms with van der Waals surface area (Å²) < 4.78 is 10.8. The molecule has 1 fully saturated rings. The van der Waals surface area contributed by atoms with Crippen LogP contribution >= 0.6 is 0 Å². The Morgan fingerprint density at radius 1 is 1.03 bits per heavy atom. The Hall–Kier alpha value is -2.63. The molecule has 1 saturated heterocycles. The molecule has 1 aromatic heterocycles. The zero-order valence-electron chi connectivity index (χ0n) is 17.3. The number of piperazine rings is 1. The summed E-state index contributed by atoms with van der Waals surface area (Å²) in [4.78, 5) is 16.8. The molecule has 0 bridgehead atoms. The van der Waals surface area contributed by atoms with Crippen molar-refractivity contribution in [3.63, 3.8) is 0 Å². The van der Waals surface area contributed by atoms with E-state index >= 15 is 0 Å². The molecule has 0 radical (unpaired) electrons. The van der Waals surface area contributed by atoms with Crippen LogP contribution < -0.4 is 0 Å². The summed E-state index contributed by atoms with van der Waals surface area (Å²) in [6.45, 7) is 8.36. The monoisotopic (exact) mass is 392 g/mol. The van der Waals surface area contributed by atoms with Crippen molar-refractivity contribution in [2.75, 3.05) is 20.2 Å². The van der Waals surface area contributed by atoms with Crippen LogP contribution in [0.1, 0.15) is 35.5 Å². The van der Waals surface area contributed by atoms with Gasteiger partial charge in [0.1, 0.15) is 11.3 Å². The number of ether oxygens (including phenoxy) is 1. The lowest BCUT2D eigenvalue weighted by atomic mass is 10.1. The van der Waals surface area contributed by atoms with Crippen LogP contribution in [-0.2, 0) is 17.8 Å². The van der Waals surface area contributed by atoms with Crippen LogP contribution in [-0.4, -0.2) is 48.1 Å². The van der Waals surface area contributed by atoms with E-state index in [1.54, 1.807) is 6.07 Å². The minimum Gasteiger partial charge on any atom is -0.465 e. The molecule has 2 atom stereocenters. The van der Waals surface area contributed by atoms with E-state index in [2.05, 4.69) is 54.0 Å². The molecule has 29 heavy (non-hydrogen) atoms. The minimum atomic E-state index is -0.327. The third-order valence-electron chi connectivity index (χ3n) is 5.75. The molecule has 0 spiro atoms. The summed E-state index contributed by atoms with van der Waals surface area (Å²) in [5.74, 6) is 0.602. The Morgan fingerprint density at radius 3 is 2.45 bits per heavy atom. The van der Waals surface area contributed by atoms with Gasteiger partial charge < -0.3 is 9.15 Å². The zero-order chi connectivity index (χ0) is 20.4. The molecule has 0 saturated carbocycles. The first kappa shape index (κ1) is 19.7. The third-order valence-corrected chi connectivity index (χ3v) is 5.75. The molecule has 0 N–H and O–H groups in total. The summed E-state index contributed by atoms with van der Waals surface area (Å²) in [7, 11) is 1.40. The van der Waals surface area contributed by atoms with Crippen molar-refractivity contribution in [3.8, 4) is 0 Å². The molecule has 152 valence electrons. The first-order valence-corrected chi connectivity index (χ1v) is 10.2. The van der Waals surface area contributed by atoms with E-state index in [1.807, 2.05) is 18.2 Å². The van der Waals surface area contributed by atoms with Gasteiger partial charge in [0.05, 0.1) is 19.2 Å². The van der Waals surface area contributed by atoms with Crippen LogP contribution in [0.2, 0.25) is 0 Å². The minimum absolute atomic E-state index is 0.327. The summed E-state index contributed by atoms with van der Waals surface area (Å²) in [5.41, 5.74) is 2.71. The molecule has 0 aliphatic carbocycles. The lowest BCUT2D eigenvalue weighted by molar-refractivity contribution is 0.0263. The molecular weight excluding hydrogens is 364 g/mol. The van der Waals surface area contributed by atoms with E-state index in [0.717, 1.165) is 42.9 Å². The molecule has 0 amide bonds. The first-order chi connectivity index (χ1) is 14.0. The quantitative estimate of drug-likeness (QED) is 0.606. The highest BCUT2D eigenvalue weighted by Gasteiger charge is 2.29. The van der Waals surface area contributed by atoms with Crippen LogP contribution in [0.4, 0.5) is 0 Å². The van der Waals surface area contributed by atoms with Crippen molar-refractivity contribution in [1.82, 2.24) is 9.80 Å². The zero-order valence-corrected chi connectivity index (χ0v) is 17.3. The Bertz CT molecular complexity index is 970. The second-order valence-electron chi connectivity index (χ2n) is 8.01. The van der Waals surface area contributed by atoms with E-state index in [9.17, 15) is 4.79 Å². The molecular formula is C24H28N2O3. The maximum Gasteiger partial charge on any atom is 0.337 e. The van der Waals surface area contributed by atoms with Crippen molar-refractivity contribution in [2.45, 2.75) is 39.0 Å².